The molecule has 0 radical (unpaired) electrons. The lowest BCUT2D eigenvalue weighted by molar-refractivity contribution is -0.144. The summed E-state index contributed by atoms with van der Waals surface area (Å²) in [6.45, 7) is 3.29. The van der Waals surface area contributed by atoms with Gasteiger partial charge in [0.2, 0.25) is 10.0 Å². The van der Waals surface area contributed by atoms with Crippen LogP contribution in [0.1, 0.15) is 13.8 Å². The Bertz CT molecular complexity index is 524. The maximum absolute atomic E-state index is 12.0. The van der Waals surface area contributed by atoms with Crippen LogP contribution in [0, 0.1) is 0 Å². The molecule has 19 heavy (non-hydrogen) atoms. The van der Waals surface area contributed by atoms with Gasteiger partial charge in [0.25, 0.3) is 0 Å². The van der Waals surface area contributed by atoms with Gasteiger partial charge in [0, 0.05) is 0 Å². The summed E-state index contributed by atoms with van der Waals surface area (Å²) >= 11 is 0. The number of hydrogen-bond acceptors (Lipinski definition) is 5. The number of methoxy groups -OCH3 is 1. The normalized spacial score (nSPS) is 12.8. The van der Waals surface area contributed by atoms with E-state index in [1.165, 1.54) is 38.3 Å². The van der Waals surface area contributed by atoms with Crippen LogP contribution in [0.2, 0.25) is 0 Å². The van der Waals surface area contributed by atoms with E-state index in [-0.39, 0.29) is 11.5 Å². The number of nitrogens with one attached hydrogen (secondary N) is 1. The summed E-state index contributed by atoms with van der Waals surface area (Å²) in [6, 6.07) is 4.93. The van der Waals surface area contributed by atoms with Crippen LogP contribution < -0.4 is 9.46 Å². The van der Waals surface area contributed by atoms with Gasteiger partial charge in [0.1, 0.15) is 11.8 Å². The lowest BCUT2D eigenvalue weighted by Crippen LogP contribution is -2.39. The molecule has 0 aliphatic heterocycles. The third-order valence-electron chi connectivity index (χ3n) is 2.34. The van der Waals surface area contributed by atoms with Gasteiger partial charge in [-0.2, -0.15) is 4.72 Å². The molecular weight excluding hydrogens is 270 g/mol. The lowest BCUT2D eigenvalue weighted by Gasteiger charge is -2.13. The predicted octanol–water partition coefficient (Wildman–Crippen LogP) is 0.925. The van der Waals surface area contributed by atoms with Crippen molar-refractivity contribution in [1.82, 2.24) is 4.72 Å². The first-order chi connectivity index (χ1) is 8.90. The number of esters is 1. The van der Waals surface area contributed by atoms with Gasteiger partial charge in [0.05, 0.1) is 18.6 Å². The molecule has 0 heterocycles. The van der Waals surface area contributed by atoms with Crippen molar-refractivity contribution >= 4 is 16.0 Å². The van der Waals surface area contributed by atoms with Crippen LogP contribution in [0.5, 0.6) is 5.75 Å². The number of hydrogen-bond donors (Lipinski definition) is 1. The molecular formula is C12H17NO5S. The van der Waals surface area contributed by atoms with Crippen LogP contribution >= 0.6 is 0 Å². The summed E-state index contributed by atoms with van der Waals surface area (Å²) < 4.78 is 35.9. The molecule has 0 aliphatic rings. The molecule has 0 saturated heterocycles. The molecule has 0 aliphatic carbocycles. The third kappa shape index (κ3) is 4.22. The topological polar surface area (TPSA) is 81.7 Å². The van der Waals surface area contributed by atoms with E-state index in [0.717, 1.165) is 0 Å². The monoisotopic (exact) mass is 287 g/mol. The molecule has 0 saturated carbocycles. The van der Waals surface area contributed by atoms with Crippen molar-refractivity contribution in [2.75, 3.05) is 13.7 Å². The van der Waals surface area contributed by atoms with Crippen LogP contribution in [-0.4, -0.2) is 34.1 Å². The fraction of sp³-hybridized carbons (Fsp3) is 0.417. The van der Waals surface area contributed by atoms with E-state index in [9.17, 15) is 13.2 Å². The molecule has 0 aromatic heterocycles. The summed E-state index contributed by atoms with van der Waals surface area (Å²) in [7, 11) is -2.26. The van der Waals surface area contributed by atoms with E-state index in [1.807, 2.05) is 0 Å². The average Bonchev–Trinajstić information content (AvgIpc) is 2.38. The molecule has 7 heteroatoms. The second kappa shape index (κ2) is 6.53. The van der Waals surface area contributed by atoms with Gasteiger partial charge in [-0.25, -0.2) is 8.42 Å². The highest BCUT2D eigenvalue weighted by atomic mass is 32.2. The van der Waals surface area contributed by atoms with Gasteiger partial charge < -0.3 is 9.47 Å². The fourth-order valence-electron chi connectivity index (χ4n) is 1.37. The van der Waals surface area contributed by atoms with Crippen LogP contribution in [0.15, 0.2) is 29.2 Å². The Morgan fingerprint density at radius 2 is 1.89 bits per heavy atom. The third-order valence-corrected chi connectivity index (χ3v) is 3.90. The van der Waals surface area contributed by atoms with Crippen molar-refractivity contribution in [1.29, 1.82) is 0 Å². The first-order valence-electron chi connectivity index (χ1n) is 5.73. The average molecular weight is 287 g/mol. The second-order valence-corrected chi connectivity index (χ2v) is 5.48. The molecule has 6 nitrogen and oxygen atoms in total. The number of sulfonamides is 1. The minimum absolute atomic E-state index is 0.0597. The van der Waals surface area contributed by atoms with E-state index in [2.05, 4.69) is 4.72 Å². The van der Waals surface area contributed by atoms with Crippen LogP contribution in [0.25, 0.3) is 0 Å². The summed E-state index contributed by atoms with van der Waals surface area (Å²) in [5, 5.41) is 0. The highest BCUT2D eigenvalue weighted by Crippen LogP contribution is 2.15. The maximum Gasteiger partial charge on any atom is 0.323 e. The molecule has 1 aromatic rings. The Morgan fingerprint density at radius 1 is 1.32 bits per heavy atom. The zero-order valence-corrected chi connectivity index (χ0v) is 11.9. The minimum atomic E-state index is -3.75. The zero-order chi connectivity index (χ0) is 14.5. The number of ether oxygens (including phenoxy) is 2. The summed E-state index contributed by atoms with van der Waals surface area (Å²) in [5.41, 5.74) is 0. The molecule has 1 unspecified atom stereocenters. The first-order valence-corrected chi connectivity index (χ1v) is 7.22. The first kappa shape index (κ1) is 15.5. The molecule has 1 atom stereocenters. The SMILES string of the molecule is CCOC(=O)C(C)NS(=O)(=O)c1ccc(OC)cc1. The molecule has 0 bridgehead atoms. The zero-order valence-electron chi connectivity index (χ0n) is 11.0. The van der Waals surface area contributed by atoms with Crippen molar-refractivity contribution < 1.29 is 22.7 Å². The highest BCUT2D eigenvalue weighted by Gasteiger charge is 2.22. The molecule has 1 N–H and O–H groups in total. The molecule has 0 spiro atoms. The van der Waals surface area contributed by atoms with Crippen LogP contribution in [0.3, 0.4) is 0 Å². The van der Waals surface area contributed by atoms with Gasteiger partial charge in [0.15, 0.2) is 0 Å². The molecule has 1 rings (SSSR count). The minimum Gasteiger partial charge on any atom is -0.497 e. The van der Waals surface area contributed by atoms with Crippen molar-refractivity contribution in [3.05, 3.63) is 24.3 Å². The van der Waals surface area contributed by atoms with Gasteiger partial charge >= 0.3 is 5.97 Å². The Hall–Kier alpha value is -1.60. The Balaban J connectivity index is 2.82. The quantitative estimate of drug-likeness (QED) is 0.787. The van der Waals surface area contributed by atoms with E-state index >= 15 is 0 Å². The van der Waals surface area contributed by atoms with E-state index in [4.69, 9.17) is 9.47 Å². The molecule has 1 aromatic carbocycles. The number of carbonyl (C=O) groups excluding carboxylic acids is 1. The Labute approximate surface area is 112 Å². The summed E-state index contributed by atoms with van der Waals surface area (Å²) in [5.74, 6) is -0.0584. The lowest BCUT2D eigenvalue weighted by atomic mass is 10.3. The summed E-state index contributed by atoms with van der Waals surface area (Å²) in [4.78, 5) is 11.4. The largest absolute Gasteiger partial charge is 0.497 e. The highest BCUT2D eigenvalue weighted by molar-refractivity contribution is 7.89. The smallest absolute Gasteiger partial charge is 0.323 e. The van der Waals surface area contributed by atoms with Crippen molar-refractivity contribution in [2.45, 2.75) is 24.8 Å². The van der Waals surface area contributed by atoms with Gasteiger partial charge in [-0.3, -0.25) is 4.79 Å². The van der Waals surface area contributed by atoms with Gasteiger partial charge in [-0.15, -0.1) is 0 Å². The van der Waals surface area contributed by atoms with E-state index < -0.39 is 22.0 Å². The van der Waals surface area contributed by atoms with Crippen LogP contribution in [-0.2, 0) is 19.6 Å². The van der Waals surface area contributed by atoms with E-state index in [1.54, 1.807) is 6.92 Å². The van der Waals surface area contributed by atoms with E-state index in [0.29, 0.717) is 5.75 Å². The molecule has 0 fully saturated rings. The molecule has 106 valence electrons. The summed E-state index contributed by atoms with van der Waals surface area (Å²) in [6.07, 6.45) is 0. The Kier molecular flexibility index (Phi) is 5.31. The van der Waals surface area contributed by atoms with Crippen LogP contribution in [0.4, 0.5) is 0 Å². The maximum atomic E-state index is 12.0. The van der Waals surface area contributed by atoms with Gasteiger partial charge in [-0.05, 0) is 38.1 Å². The van der Waals surface area contributed by atoms with Crippen molar-refractivity contribution in [3.63, 3.8) is 0 Å². The molecule has 0 amide bonds. The number of carbonyl (C=O) groups is 1. The number of rotatable bonds is 6. The van der Waals surface area contributed by atoms with Crippen molar-refractivity contribution in [3.8, 4) is 5.75 Å². The number of benzene rings is 1. The second-order valence-electron chi connectivity index (χ2n) is 3.77. The van der Waals surface area contributed by atoms with Crippen molar-refractivity contribution in [2.24, 2.45) is 0 Å². The van der Waals surface area contributed by atoms with Gasteiger partial charge in [-0.1, -0.05) is 0 Å². The standard InChI is InChI=1S/C12H17NO5S/c1-4-18-12(14)9(2)13-19(15,16)11-7-5-10(17-3)6-8-11/h5-9,13H,4H2,1-3H3. The Morgan fingerprint density at radius 3 is 2.37 bits per heavy atom. The predicted molar refractivity (Wildman–Crippen MR) is 69.4 cm³/mol. The fourth-order valence-corrected chi connectivity index (χ4v) is 2.56.